The molecule has 0 heterocycles. The van der Waals surface area contributed by atoms with Crippen molar-refractivity contribution in [2.45, 2.75) is 25.2 Å². The minimum absolute atomic E-state index is 0.502. The third kappa shape index (κ3) is 2.58. The van der Waals surface area contributed by atoms with Gasteiger partial charge in [0.1, 0.15) is 17.2 Å². The van der Waals surface area contributed by atoms with E-state index >= 15 is 0 Å². The van der Waals surface area contributed by atoms with Crippen molar-refractivity contribution in [3.8, 4) is 17.2 Å². The highest BCUT2D eigenvalue weighted by Crippen LogP contribution is 2.55. The fourth-order valence-electron chi connectivity index (χ4n) is 4.50. The monoisotopic (exact) mass is 336 g/mol. The molecule has 2 aliphatic rings. The Kier molecular flexibility index (Phi) is 4.16. The van der Waals surface area contributed by atoms with E-state index in [9.17, 15) is 0 Å². The molecule has 0 aliphatic heterocycles. The van der Waals surface area contributed by atoms with E-state index in [2.05, 4.69) is 18.2 Å². The lowest BCUT2D eigenvalue weighted by atomic mass is 9.74. The van der Waals surface area contributed by atoms with Crippen LogP contribution in [-0.4, -0.2) is 21.3 Å². The van der Waals surface area contributed by atoms with Gasteiger partial charge in [-0.3, -0.25) is 0 Å². The van der Waals surface area contributed by atoms with Gasteiger partial charge in [-0.15, -0.1) is 0 Å². The summed E-state index contributed by atoms with van der Waals surface area (Å²) in [6.07, 6.45) is 5.99. The minimum atomic E-state index is 0.502. The molecule has 2 aromatic carbocycles. The van der Waals surface area contributed by atoms with Crippen molar-refractivity contribution in [2.75, 3.05) is 21.3 Å². The number of ether oxygens (including phenoxy) is 3. The zero-order valence-corrected chi connectivity index (χ0v) is 15.0. The zero-order valence-electron chi connectivity index (χ0n) is 15.0. The quantitative estimate of drug-likeness (QED) is 0.773. The molecule has 0 saturated heterocycles. The van der Waals surface area contributed by atoms with Gasteiger partial charge in [-0.25, -0.2) is 0 Å². The molecule has 2 atom stereocenters. The van der Waals surface area contributed by atoms with Gasteiger partial charge in [-0.05, 0) is 66.2 Å². The maximum atomic E-state index is 5.69. The summed E-state index contributed by atoms with van der Waals surface area (Å²) in [5.74, 6) is 3.84. The number of rotatable bonds is 4. The largest absolute Gasteiger partial charge is 0.497 e. The molecule has 25 heavy (non-hydrogen) atoms. The molecule has 130 valence electrons. The molecule has 2 aromatic rings. The van der Waals surface area contributed by atoms with Gasteiger partial charge in [0, 0.05) is 11.1 Å². The van der Waals surface area contributed by atoms with Crippen LogP contribution in [0.3, 0.4) is 0 Å². The number of allylic oxidation sites excluding steroid dienone is 1. The molecule has 3 heteroatoms. The molecule has 0 N–H and O–H groups in total. The first kappa shape index (κ1) is 16.1. The van der Waals surface area contributed by atoms with Crippen LogP contribution >= 0.6 is 0 Å². The molecule has 1 fully saturated rings. The van der Waals surface area contributed by atoms with Crippen LogP contribution in [0.4, 0.5) is 0 Å². The zero-order chi connectivity index (χ0) is 17.4. The first-order valence-corrected chi connectivity index (χ1v) is 8.87. The highest BCUT2D eigenvalue weighted by Gasteiger charge is 2.38. The summed E-state index contributed by atoms with van der Waals surface area (Å²) in [7, 11) is 5.20. The van der Waals surface area contributed by atoms with Gasteiger partial charge in [0.25, 0.3) is 0 Å². The standard InChI is InChI=1S/C22H24O3/c1-23-15-9-7-14(8-10-15)18-13-19-20(24-2)11-12-21(25-3)22(19)17-6-4-5-16(17)18/h7-13,16-17H,4-6H2,1-3H3/t16-,17+/m0/s1. The summed E-state index contributed by atoms with van der Waals surface area (Å²) in [5.41, 5.74) is 5.18. The lowest BCUT2D eigenvalue weighted by Gasteiger charge is -2.31. The number of methoxy groups -OCH3 is 3. The second-order valence-electron chi connectivity index (χ2n) is 6.77. The van der Waals surface area contributed by atoms with Gasteiger partial charge < -0.3 is 14.2 Å². The summed E-state index contributed by atoms with van der Waals surface area (Å²) in [4.78, 5) is 0. The summed E-state index contributed by atoms with van der Waals surface area (Å²) >= 11 is 0. The van der Waals surface area contributed by atoms with Gasteiger partial charge in [0.05, 0.1) is 21.3 Å². The van der Waals surface area contributed by atoms with E-state index in [1.807, 2.05) is 24.3 Å². The van der Waals surface area contributed by atoms with Crippen LogP contribution in [0, 0.1) is 5.92 Å². The van der Waals surface area contributed by atoms with E-state index in [1.54, 1.807) is 21.3 Å². The van der Waals surface area contributed by atoms with Crippen LogP contribution in [0.2, 0.25) is 0 Å². The second kappa shape index (κ2) is 6.47. The van der Waals surface area contributed by atoms with E-state index in [0.29, 0.717) is 11.8 Å². The Morgan fingerprint density at radius 2 is 1.44 bits per heavy atom. The van der Waals surface area contributed by atoms with Crippen molar-refractivity contribution >= 4 is 11.6 Å². The normalized spacial score (nSPS) is 21.2. The molecule has 4 rings (SSSR count). The van der Waals surface area contributed by atoms with Crippen molar-refractivity contribution in [1.29, 1.82) is 0 Å². The van der Waals surface area contributed by atoms with E-state index in [1.165, 1.54) is 41.5 Å². The molecule has 2 aliphatic carbocycles. The van der Waals surface area contributed by atoms with E-state index < -0.39 is 0 Å². The third-order valence-electron chi connectivity index (χ3n) is 5.66. The van der Waals surface area contributed by atoms with Crippen molar-refractivity contribution in [3.05, 3.63) is 53.1 Å². The highest BCUT2D eigenvalue weighted by molar-refractivity contribution is 5.89. The molecule has 0 unspecified atom stereocenters. The smallest absolute Gasteiger partial charge is 0.126 e. The highest BCUT2D eigenvalue weighted by atomic mass is 16.5. The van der Waals surface area contributed by atoms with Crippen LogP contribution in [0.1, 0.15) is 41.9 Å². The Morgan fingerprint density at radius 1 is 0.760 bits per heavy atom. The number of benzene rings is 2. The van der Waals surface area contributed by atoms with Gasteiger partial charge in [-0.2, -0.15) is 0 Å². The fraction of sp³-hybridized carbons (Fsp3) is 0.364. The Bertz CT molecular complexity index is 805. The topological polar surface area (TPSA) is 27.7 Å². The Morgan fingerprint density at radius 3 is 2.12 bits per heavy atom. The Hall–Kier alpha value is -2.42. The Balaban J connectivity index is 1.89. The summed E-state index contributed by atoms with van der Waals surface area (Å²) in [6, 6.07) is 12.5. The van der Waals surface area contributed by atoms with E-state index in [4.69, 9.17) is 14.2 Å². The minimum Gasteiger partial charge on any atom is -0.497 e. The number of hydrogen-bond acceptors (Lipinski definition) is 3. The average Bonchev–Trinajstić information content (AvgIpc) is 3.16. The lowest BCUT2D eigenvalue weighted by molar-refractivity contribution is 0.390. The first-order chi connectivity index (χ1) is 12.3. The van der Waals surface area contributed by atoms with Crippen LogP contribution < -0.4 is 14.2 Å². The van der Waals surface area contributed by atoms with Gasteiger partial charge in [0.15, 0.2) is 0 Å². The van der Waals surface area contributed by atoms with Crippen LogP contribution in [-0.2, 0) is 0 Å². The SMILES string of the molecule is COc1ccc(C2=Cc3c(OC)ccc(OC)c3[C@@H]3CCC[C@H]23)cc1. The summed E-state index contributed by atoms with van der Waals surface area (Å²) in [5, 5.41) is 0. The number of fused-ring (bicyclic) bond motifs is 3. The average molecular weight is 336 g/mol. The third-order valence-corrected chi connectivity index (χ3v) is 5.66. The summed E-state index contributed by atoms with van der Waals surface area (Å²) in [6.45, 7) is 0. The van der Waals surface area contributed by atoms with Gasteiger partial charge >= 0.3 is 0 Å². The van der Waals surface area contributed by atoms with Crippen molar-refractivity contribution in [2.24, 2.45) is 5.92 Å². The predicted octanol–water partition coefficient (Wildman–Crippen LogP) is 5.15. The predicted molar refractivity (Wildman–Crippen MR) is 100 cm³/mol. The van der Waals surface area contributed by atoms with Gasteiger partial charge in [0.2, 0.25) is 0 Å². The van der Waals surface area contributed by atoms with Crippen LogP contribution in [0.15, 0.2) is 36.4 Å². The van der Waals surface area contributed by atoms with Crippen molar-refractivity contribution < 1.29 is 14.2 Å². The summed E-state index contributed by atoms with van der Waals surface area (Å²) < 4.78 is 16.7. The van der Waals surface area contributed by atoms with E-state index in [0.717, 1.165) is 17.2 Å². The van der Waals surface area contributed by atoms with E-state index in [-0.39, 0.29) is 0 Å². The molecule has 3 nitrogen and oxygen atoms in total. The van der Waals surface area contributed by atoms with Crippen LogP contribution in [0.5, 0.6) is 17.2 Å². The molecule has 1 saturated carbocycles. The van der Waals surface area contributed by atoms with Crippen LogP contribution in [0.25, 0.3) is 11.6 Å². The molecule has 0 spiro atoms. The number of hydrogen-bond donors (Lipinski definition) is 0. The molecular formula is C22H24O3. The van der Waals surface area contributed by atoms with Gasteiger partial charge in [-0.1, -0.05) is 18.6 Å². The molecule has 0 aromatic heterocycles. The molecule has 0 amide bonds. The van der Waals surface area contributed by atoms with Crippen molar-refractivity contribution in [3.63, 3.8) is 0 Å². The molecule has 0 radical (unpaired) electrons. The lowest BCUT2D eigenvalue weighted by Crippen LogP contribution is -2.16. The first-order valence-electron chi connectivity index (χ1n) is 8.87. The molecule has 0 bridgehead atoms. The maximum absolute atomic E-state index is 5.69. The molecular weight excluding hydrogens is 312 g/mol. The van der Waals surface area contributed by atoms with Crippen molar-refractivity contribution in [1.82, 2.24) is 0 Å². The maximum Gasteiger partial charge on any atom is 0.126 e. The second-order valence-corrected chi connectivity index (χ2v) is 6.77. The fourth-order valence-corrected chi connectivity index (χ4v) is 4.50. The Labute approximate surface area is 149 Å².